The SMILES string of the molecule is CCC(C)NCC(C)(C)CN(C)C. The Morgan fingerprint density at radius 1 is 1.31 bits per heavy atom. The van der Waals surface area contributed by atoms with Crippen LogP contribution in [0.15, 0.2) is 0 Å². The van der Waals surface area contributed by atoms with Crippen molar-refractivity contribution in [2.75, 3.05) is 27.2 Å². The van der Waals surface area contributed by atoms with Crippen LogP contribution in [0, 0.1) is 5.41 Å². The summed E-state index contributed by atoms with van der Waals surface area (Å²) in [6.45, 7) is 11.3. The third-order valence-electron chi connectivity index (χ3n) is 2.29. The van der Waals surface area contributed by atoms with Gasteiger partial charge in [-0.1, -0.05) is 20.8 Å². The first-order chi connectivity index (χ1) is 5.87. The lowest BCUT2D eigenvalue weighted by Crippen LogP contribution is -2.40. The zero-order chi connectivity index (χ0) is 10.5. The Kier molecular flexibility index (Phi) is 5.57. The first-order valence-corrected chi connectivity index (χ1v) is 5.25. The molecule has 0 radical (unpaired) electrons. The van der Waals surface area contributed by atoms with Gasteiger partial charge >= 0.3 is 0 Å². The van der Waals surface area contributed by atoms with Crippen molar-refractivity contribution in [1.82, 2.24) is 10.2 Å². The van der Waals surface area contributed by atoms with Gasteiger partial charge in [0.1, 0.15) is 0 Å². The minimum Gasteiger partial charge on any atom is -0.314 e. The lowest BCUT2D eigenvalue weighted by Gasteiger charge is -2.29. The van der Waals surface area contributed by atoms with Crippen molar-refractivity contribution in [2.45, 2.75) is 40.2 Å². The molecule has 0 aromatic rings. The zero-order valence-electron chi connectivity index (χ0n) is 10.1. The van der Waals surface area contributed by atoms with Gasteiger partial charge in [-0.2, -0.15) is 0 Å². The molecule has 0 heterocycles. The Morgan fingerprint density at radius 2 is 1.85 bits per heavy atom. The van der Waals surface area contributed by atoms with Gasteiger partial charge in [0.2, 0.25) is 0 Å². The fourth-order valence-electron chi connectivity index (χ4n) is 1.51. The molecule has 1 atom stereocenters. The summed E-state index contributed by atoms with van der Waals surface area (Å²) in [7, 11) is 4.26. The molecule has 0 aromatic carbocycles. The van der Waals surface area contributed by atoms with Crippen molar-refractivity contribution in [3.05, 3.63) is 0 Å². The Balaban J connectivity index is 3.74. The molecule has 2 heteroatoms. The maximum absolute atomic E-state index is 3.55. The summed E-state index contributed by atoms with van der Waals surface area (Å²) in [5.41, 5.74) is 0.368. The van der Waals surface area contributed by atoms with Crippen molar-refractivity contribution in [1.29, 1.82) is 0 Å². The average Bonchev–Trinajstić information content (AvgIpc) is 1.98. The van der Waals surface area contributed by atoms with E-state index in [4.69, 9.17) is 0 Å². The van der Waals surface area contributed by atoms with Crippen molar-refractivity contribution in [3.63, 3.8) is 0 Å². The summed E-state index contributed by atoms with van der Waals surface area (Å²) in [6.07, 6.45) is 1.21. The van der Waals surface area contributed by atoms with E-state index in [0.29, 0.717) is 11.5 Å². The van der Waals surface area contributed by atoms with Crippen LogP contribution in [-0.4, -0.2) is 38.1 Å². The molecule has 0 amide bonds. The van der Waals surface area contributed by atoms with Crippen LogP contribution in [-0.2, 0) is 0 Å². The summed E-state index contributed by atoms with van der Waals surface area (Å²) in [5, 5.41) is 3.55. The van der Waals surface area contributed by atoms with E-state index >= 15 is 0 Å². The molecule has 13 heavy (non-hydrogen) atoms. The van der Waals surface area contributed by atoms with Crippen LogP contribution < -0.4 is 5.32 Å². The monoisotopic (exact) mass is 186 g/mol. The summed E-state index contributed by atoms with van der Waals surface area (Å²) in [6, 6.07) is 0.640. The molecular formula is C11H26N2. The zero-order valence-corrected chi connectivity index (χ0v) is 10.1. The van der Waals surface area contributed by atoms with Gasteiger partial charge in [0.25, 0.3) is 0 Å². The summed E-state index contributed by atoms with van der Waals surface area (Å²) < 4.78 is 0. The number of hydrogen-bond acceptors (Lipinski definition) is 2. The predicted molar refractivity (Wildman–Crippen MR) is 60.1 cm³/mol. The van der Waals surface area contributed by atoms with Crippen LogP contribution in [0.5, 0.6) is 0 Å². The fraction of sp³-hybridized carbons (Fsp3) is 1.00. The Morgan fingerprint density at radius 3 is 2.23 bits per heavy atom. The average molecular weight is 186 g/mol. The largest absolute Gasteiger partial charge is 0.314 e. The van der Waals surface area contributed by atoms with Crippen LogP contribution in [0.25, 0.3) is 0 Å². The molecule has 0 saturated carbocycles. The molecule has 0 saturated heterocycles. The molecule has 2 nitrogen and oxygen atoms in total. The van der Waals surface area contributed by atoms with Gasteiger partial charge < -0.3 is 10.2 Å². The van der Waals surface area contributed by atoms with E-state index in [0.717, 1.165) is 13.1 Å². The first-order valence-electron chi connectivity index (χ1n) is 5.25. The van der Waals surface area contributed by atoms with Gasteiger partial charge in [0.05, 0.1) is 0 Å². The van der Waals surface area contributed by atoms with Crippen molar-refractivity contribution >= 4 is 0 Å². The smallest absolute Gasteiger partial charge is 0.00387 e. The highest BCUT2D eigenvalue weighted by atomic mass is 15.1. The van der Waals surface area contributed by atoms with Crippen molar-refractivity contribution in [3.8, 4) is 0 Å². The molecule has 0 aliphatic carbocycles. The standard InChI is InChI=1S/C11H26N2/c1-7-10(2)12-8-11(3,4)9-13(5)6/h10,12H,7-9H2,1-6H3. The maximum Gasteiger partial charge on any atom is 0.00387 e. The molecule has 0 aromatic heterocycles. The summed E-state index contributed by atoms with van der Waals surface area (Å²) in [4.78, 5) is 2.25. The van der Waals surface area contributed by atoms with Crippen LogP contribution in [0.3, 0.4) is 0 Å². The van der Waals surface area contributed by atoms with Gasteiger partial charge in [-0.05, 0) is 32.9 Å². The molecule has 0 rings (SSSR count). The Bertz CT molecular complexity index is 130. The minimum atomic E-state index is 0.368. The second-order valence-electron chi connectivity index (χ2n) is 5.09. The first kappa shape index (κ1) is 12.9. The van der Waals surface area contributed by atoms with E-state index < -0.39 is 0 Å². The normalized spacial score (nSPS) is 15.0. The van der Waals surface area contributed by atoms with Crippen LogP contribution in [0.4, 0.5) is 0 Å². The van der Waals surface area contributed by atoms with Crippen molar-refractivity contribution < 1.29 is 0 Å². The molecule has 1 N–H and O–H groups in total. The highest BCUT2D eigenvalue weighted by Gasteiger charge is 2.18. The molecule has 0 aliphatic rings. The summed E-state index contributed by atoms with van der Waals surface area (Å²) >= 11 is 0. The van der Waals surface area contributed by atoms with Crippen molar-refractivity contribution in [2.24, 2.45) is 5.41 Å². The molecule has 0 spiro atoms. The van der Waals surface area contributed by atoms with E-state index in [-0.39, 0.29) is 0 Å². The summed E-state index contributed by atoms with van der Waals surface area (Å²) in [5.74, 6) is 0. The van der Waals surface area contributed by atoms with E-state index in [2.05, 4.69) is 52.0 Å². The third kappa shape index (κ3) is 7.03. The lowest BCUT2D eigenvalue weighted by atomic mass is 9.92. The number of nitrogens with zero attached hydrogens (tertiary/aromatic N) is 1. The lowest BCUT2D eigenvalue weighted by molar-refractivity contribution is 0.226. The topological polar surface area (TPSA) is 15.3 Å². The Hall–Kier alpha value is -0.0800. The van der Waals surface area contributed by atoms with Gasteiger partial charge in [0, 0.05) is 19.1 Å². The number of hydrogen-bond donors (Lipinski definition) is 1. The molecule has 1 unspecified atom stereocenters. The number of nitrogens with one attached hydrogen (secondary N) is 1. The van der Waals surface area contributed by atoms with Gasteiger partial charge in [-0.15, -0.1) is 0 Å². The van der Waals surface area contributed by atoms with E-state index in [9.17, 15) is 0 Å². The Labute approximate surface area is 83.7 Å². The second kappa shape index (κ2) is 5.61. The second-order valence-corrected chi connectivity index (χ2v) is 5.09. The number of rotatable bonds is 6. The minimum absolute atomic E-state index is 0.368. The van der Waals surface area contributed by atoms with Gasteiger partial charge in [0.15, 0.2) is 0 Å². The van der Waals surface area contributed by atoms with E-state index in [1.165, 1.54) is 6.42 Å². The predicted octanol–water partition coefficient (Wildman–Crippen LogP) is 1.96. The molecule has 80 valence electrons. The highest BCUT2D eigenvalue weighted by molar-refractivity contribution is 4.75. The van der Waals surface area contributed by atoms with Crippen LogP contribution >= 0.6 is 0 Å². The quantitative estimate of drug-likeness (QED) is 0.682. The fourth-order valence-corrected chi connectivity index (χ4v) is 1.51. The van der Waals surface area contributed by atoms with E-state index in [1.54, 1.807) is 0 Å². The third-order valence-corrected chi connectivity index (χ3v) is 2.29. The van der Waals surface area contributed by atoms with E-state index in [1.807, 2.05) is 0 Å². The molecular weight excluding hydrogens is 160 g/mol. The van der Waals surface area contributed by atoms with Crippen LogP contribution in [0.1, 0.15) is 34.1 Å². The highest BCUT2D eigenvalue weighted by Crippen LogP contribution is 2.14. The van der Waals surface area contributed by atoms with Gasteiger partial charge in [-0.25, -0.2) is 0 Å². The van der Waals surface area contributed by atoms with Gasteiger partial charge in [-0.3, -0.25) is 0 Å². The molecule has 0 bridgehead atoms. The van der Waals surface area contributed by atoms with Crippen LogP contribution in [0.2, 0.25) is 0 Å². The maximum atomic E-state index is 3.55. The molecule has 0 aliphatic heterocycles. The molecule has 0 fully saturated rings.